The summed E-state index contributed by atoms with van der Waals surface area (Å²) in [4.78, 5) is 42.3. The summed E-state index contributed by atoms with van der Waals surface area (Å²) in [5.41, 5.74) is 2.96. The summed E-state index contributed by atoms with van der Waals surface area (Å²) >= 11 is 12.4. The maximum Gasteiger partial charge on any atom is 0.333 e. The van der Waals surface area contributed by atoms with E-state index < -0.39 is 22.0 Å². The molecule has 2 aliphatic rings. The number of hydrogen-bond acceptors (Lipinski definition) is 7. The van der Waals surface area contributed by atoms with E-state index in [2.05, 4.69) is 10.2 Å². The monoisotopic (exact) mass is 648 g/mol. The number of unbranched alkanes of at least 4 members (excludes halogenated alkanes) is 1. The second-order valence-corrected chi connectivity index (χ2v) is 14.3. The highest BCUT2D eigenvalue weighted by Crippen LogP contribution is 2.34. The van der Waals surface area contributed by atoms with Crippen LogP contribution in [0.15, 0.2) is 52.7 Å². The van der Waals surface area contributed by atoms with Crippen molar-refractivity contribution in [2.45, 2.75) is 49.2 Å². The molecule has 3 heterocycles. The highest BCUT2D eigenvalue weighted by molar-refractivity contribution is 7.92. The third-order valence-corrected chi connectivity index (χ3v) is 11.0. The van der Waals surface area contributed by atoms with Gasteiger partial charge in [0.1, 0.15) is 8.55 Å². The lowest BCUT2D eigenvalue weighted by atomic mass is 9.94. The number of thiophene rings is 1. The Balaban J connectivity index is 1.18. The zero-order valence-electron chi connectivity index (χ0n) is 22.7. The van der Waals surface area contributed by atoms with Crippen LogP contribution in [0.5, 0.6) is 0 Å². The van der Waals surface area contributed by atoms with Crippen LogP contribution < -0.4 is 14.9 Å². The van der Waals surface area contributed by atoms with Crippen LogP contribution in [0.25, 0.3) is 0 Å². The lowest BCUT2D eigenvalue weighted by Crippen LogP contribution is -2.42. The number of benzene rings is 2. The number of urea groups is 1. The molecule has 0 atom stereocenters. The van der Waals surface area contributed by atoms with Gasteiger partial charge >= 0.3 is 6.03 Å². The Morgan fingerprint density at radius 2 is 1.69 bits per heavy atom. The van der Waals surface area contributed by atoms with Crippen molar-refractivity contribution in [1.82, 2.24) is 9.62 Å². The van der Waals surface area contributed by atoms with Gasteiger partial charge in [0.15, 0.2) is 0 Å². The van der Waals surface area contributed by atoms with E-state index in [1.165, 1.54) is 56.6 Å². The van der Waals surface area contributed by atoms with Crippen LogP contribution in [-0.2, 0) is 27.7 Å². The summed E-state index contributed by atoms with van der Waals surface area (Å²) in [6.07, 6.45) is 7.12. The van der Waals surface area contributed by atoms with Gasteiger partial charge in [-0.3, -0.25) is 9.59 Å². The van der Waals surface area contributed by atoms with Gasteiger partial charge < -0.3 is 10.2 Å². The number of rotatable bonds is 9. The highest BCUT2D eigenvalue weighted by atomic mass is 35.5. The third-order valence-electron chi connectivity index (χ3n) is 7.33. The standard InChI is InChI=1S/C29H30Cl2N4O5S2/c30-24-18-26(41-27(24)31)42(39,40)33-29(38)32-21-8-10-22(11-9-21)35-25(36)17-20-16-19(7-12-23(20)28(35)37)6-2-5-15-34-13-3-1-4-14-34/h7-12,16,18H,1-6,13-15,17H2,(H2,32,33,38). The first-order valence-electron chi connectivity index (χ1n) is 13.7. The van der Waals surface area contributed by atoms with Gasteiger partial charge in [0.2, 0.25) is 5.91 Å². The van der Waals surface area contributed by atoms with E-state index in [0.717, 1.165) is 59.2 Å². The Kier molecular flexibility index (Phi) is 9.54. The third kappa shape index (κ3) is 7.15. The number of sulfonamides is 1. The molecular weight excluding hydrogens is 619 g/mol. The van der Waals surface area contributed by atoms with E-state index >= 15 is 0 Å². The minimum Gasteiger partial charge on any atom is -0.307 e. The highest BCUT2D eigenvalue weighted by Gasteiger charge is 2.32. The van der Waals surface area contributed by atoms with Crippen LogP contribution in [0.2, 0.25) is 9.36 Å². The van der Waals surface area contributed by atoms with E-state index in [0.29, 0.717) is 11.3 Å². The fourth-order valence-corrected chi connectivity index (χ4v) is 8.01. The molecule has 1 fully saturated rings. The number of likely N-dealkylation sites (tertiary alicyclic amines) is 1. The Morgan fingerprint density at radius 1 is 0.952 bits per heavy atom. The summed E-state index contributed by atoms with van der Waals surface area (Å²) in [7, 11) is -4.18. The van der Waals surface area contributed by atoms with E-state index in [1.807, 2.05) is 16.9 Å². The number of amides is 4. The fraction of sp³-hybridized carbons (Fsp3) is 0.345. The molecule has 9 nitrogen and oxygen atoms in total. The van der Waals surface area contributed by atoms with E-state index in [9.17, 15) is 22.8 Å². The van der Waals surface area contributed by atoms with E-state index in [4.69, 9.17) is 23.2 Å². The van der Waals surface area contributed by atoms with Gasteiger partial charge in [-0.2, -0.15) is 0 Å². The molecular formula is C29H30Cl2N4O5S2. The molecule has 222 valence electrons. The first-order valence-corrected chi connectivity index (χ1v) is 16.8. The van der Waals surface area contributed by atoms with E-state index in [-0.39, 0.29) is 31.6 Å². The quantitative estimate of drug-likeness (QED) is 0.214. The molecule has 0 unspecified atom stereocenters. The molecule has 42 heavy (non-hydrogen) atoms. The molecule has 13 heteroatoms. The Hall–Kier alpha value is -2.96. The molecule has 0 spiro atoms. The SMILES string of the molecule is O=C(Nc1ccc(N2C(=O)Cc3cc(CCCCN4CCCCC4)ccc3C2=O)cc1)NS(=O)(=O)c1cc(Cl)c(Cl)s1. The maximum atomic E-state index is 13.3. The number of imide groups is 1. The minimum atomic E-state index is -4.18. The molecule has 4 amide bonds. The van der Waals surface area contributed by atoms with Gasteiger partial charge in [-0.05, 0) is 99.3 Å². The molecule has 0 saturated carbocycles. The summed E-state index contributed by atoms with van der Waals surface area (Å²) in [5.74, 6) is -0.747. The number of carbonyl (C=O) groups excluding carboxylic acids is 3. The van der Waals surface area contributed by atoms with Crippen molar-refractivity contribution < 1.29 is 22.8 Å². The number of nitrogens with one attached hydrogen (secondary N) is 2. The molecule has 1 saturated heterocycles. The summed E-state index contributed by atoms with van der Waals surface area (Å²) in [5, 5.41) is 2.49. The molecule has 2 aromatic carbocycles. The molecule has 0 radical (unpaired) electrons. The number of anilines is 2. The van der Waals surface area contributed by atoms with Crippen LogP contribution in [0.1, 0.15) is 53.6 Å². The second-order valence-electron chi connectivity index (χ2n) is 10.4. The van der Waals surface area contributed by atoms with Gasteiger partial charge in [0.05, 0.1) is 17.1 Å². The Bertz CT molecular complexity index is 1580. The molecule has 0 aliphatic carbocycles. The van der Waals surface area contributed by atoms with Gasteiger partial charge in [-0.15, -0.1) is 11.3 Å². The number of aryl methyl sites for hydroxylation is 1. The number of carbonyl (C=O) groups is 3. The summed E-state index contributed by atoms with van der Waals surface area (Å²) in [6.45, 7) is 3.51. The van der Waals surface area contributed by atoms with Gasteiger partial charge in [-0.25, -0.2) is 22.8 Å². The molecule has 0 bridgehead atoms. The van der Waals surface area contributed by atoms with Gasteiger partial charge in [0.25, 0.3) is 15.9 Å². The van der Waals surface area contributed by atoms with Crippen LogP contribution in [0.3, 0.4) is 0 Å². The fourth-order valence-electron chi connectivity index (χ4n) is 5.22. The smallest absolute Gasteiger partial charge is 0.307 e. The van der Waals surface area contributed by atoms with Crippen LogP contribution in [-0.4, -0.2) is 50.8 Å². The predicted octanol–water partition coefficient (Wildman–Crippen LogP) is 6.10. The summed E-state index contributed by atoms with van der Waals surface area (Å²) in [6, 6.07) is 11.9. The number of hydrogen-bond donors (Lipinski definition) is 2. The van der Waals surface area contributed by atoms with Crippen molar-refractivity contribution >= 4 is 73.8 Å². The minimum absolute atomic E-state index is 0.0708. The Labute approximate surface area is 258 Å². The van der Waals surface area contributed by atoms with Crippen molar-refractivity contribution in [3.05, 3.63) is 74.6 Å². The first kappa shape index (κ1) is 30.5. The first-order chi connectivity index (χ1) is 20.1. The van der Waals surface area contributed by atoms with Crippen molar-refractivity contribution in [3.63, 3.8) is 0 Å². The second kappa shape index (κ2) is 13.1. The number of piperidine rings is 1. The number of nitrogens with zero attached hydrogens (tertiary/aromatic N) is 2. The topological polar surface area (TPSA) is 116 Å². The molecule has 5 rings (SSSR count). The van der Waals surface area contributed by atoms with Crippen molar-refractivity contribution in [2.75, 3.05) is 29.9 Å². The number of halogens is 2. The molecule has 1 aromatic heterocycles. The Morgan fingerprint density at radius 3 is 2.38 bits per heavy atom. The lowest BCUT2D eigenvalue weighted by Gasteiger charge is -2.27. The largest absolute Gasteiger partial charge is 0.333 e. The van der Waals surface area contributed by atoms with Crippen molar-refractivity contribution in [1.29, 1.82) is 0 Å². The van der Waals surface area contributed by atoms with Crippen LogP contribution in [0, 0.1) is 0 Å². The summed E-state index contributed by atoms with van der Waals surface area (Å²) < 4.78 is 26.6. The van der Waals surface area contributed by atoms with Crippen molar-refractivity contribution in [3.8, 4) is 0 Å². The normalized spacial score (nSPS) is 15.9. The average Bonchev–Trinajstić information content (AvgIpc) is 3.31. The molecule has 2 N–H and O–H groups in total. The molecule has 2 aliphatic heterocycles. The zero-order valence-corrected chi connectivity index (χ0v) is 25.8. The van der Waals surface area contributed by atoms with E-state index in [1.54, 1.807) is 6.07 Å². The zero-order chi connectivity index (χ0) is 29.9. The number of fused-ring (bicyclic) bond motifs is 1. The van der Waals surface area contributed by atoms with Crippen molar-refractivity contribution in [2.24, 2.45) is 0 Å². The average molecular weight is 650 g/mol. The maximum absolute atomic E-state index is 13.3. The van der Waals surface area contributed by atoms with Gasteiger partial charge in [-0.1, -0.05) is 41.8 Å². The lowest BCUT2D eigenvalue weighted by molar-refractivity contribution is -0.117. The van der Waals surface area contributed by atoms with Crippen LogP contribution in [0.4, 0.5) is 16.2 Å². The van der Waals surface area contributed by atoms with Gasteiger partial charge in [0, 0.05) is 11.3 Å². The molecule has 3 aromatic rings. The van der Waals surface area contributed by atoms with Crippen LogP contribution >= 0.6 is 34.5 Å². The predicted molar refractivity (Wildman–Crippen MR) is 165 cm³/mol.